The molecule has 2 aromatic rings. The Kier molecular flexibility index (Phi) is 3.39. The van der Waals surface area contributed by atoms with Crippen molar-refractivity contribution in [1.82, 2.24) is 0 Å². The number of benzene rings is 2. The first-order valence-corrected chi connectivity index (χ1v) is 7.21. The molecular formula is C18H21NO. The SMILES string of the molecule is Cc1cc(C)c(NC2CCOc3ccccc32)c(C)c1. The number of nitrogens with one attached hydrogen (secondary N) is 1. The Morgan fingerprint density at radius 3 is 2.50 bits per heavy atom. The summed E-state index contributed by atoms with van der Waals surface area (Å²) >= 11 is 0. The Morgan fingerprint density at radius 2 is 1.75 bits per heavy atom. The molecule has 2 nitrogen and oxygen atoms in total. The van der Waals surface area contributed by atoms with Crippen LogP contribution in [0.3, 0.4) is 0 Å². The summed E-state index contributed by atoms with van der Waals surface area (Å²) in [5.41, 5.74) is 6.46. The lowest BCUT2D eigenvalue weighted by molar-refractivity contribution is 0.274. The fourth-order valence-corrected chi connectivity index (χ4v) is 3.07. The minimum Gasteiger partial charge on any atom is -0.493 e. The van der Waals surface area contributed by atoms with Crippen LogP contribution in [-0.2, 0) is 0 Å². The van der Waals surface area contributed by atoms with Gasteiger partial charge in [0.25, 0.3) is 0 Å². The highest BCUT2D eigenvalue weighted by molar-refractivity contribution is 5.60. The van der Waals surface area contributed by atoms with E-state index in [1.807, 2.05) is 6.07 Å². The van der Waals surface area contributed by atoms with E-state index >= 15 is 0 Å². The average Bonchev–Trinajstić information content (AvgIpc) is 2.43. The Morgan fingerprint density at radius 1 is 1.05 bits per heavy atom. The molecule has 1 N–H and O–H groups in total. The Bertz CT molecular complexity index is 610. The van der Waals surface area contributed by atoms with E-state index < -0.39 is 0 Å². The number of aryl methyl sites for hydroxylation is 3. The van der Waals surface area contributed by atoms with E-state index in [9.17, 15) is 0 Å². The molecule has 0 bridgehead atoms. The smallest absolute Gasteiger partial charge is 0.124 e. The fraction of sp³-hybridized carbons (Fsp3) is 0.333. The van der Waals surface area contributed by atoms with Crippen LogP contribution in [0.2, 0.25) is 0 Å². The molecule has 2 heteroatoms. The molecule has 20 heavy (non-hydrogen) atoms. The van der Waals surface area contributed by atoms with Crippen molar-refractivity contribution in [3.63, 3.8) is 0 Å². The van der Waals surface area contributed by atoms with E-state index in [-0.39, 0.29) is 0 Å². The highest BCUT2D eigenvalue weighted by Gasteiger charge is 2.21. The molecule has 104 valence electrons. The summed E-state index contributed by atoms with van der Waals surface area (Å²) in [6.07, 6.45) is 1.00. The summed E-state index contributed by atoms with van der Waals surface area (Å²) in [6, 6.07) is 13.1. The van der Waals surface area contributed by atoms with E-state index in [0.717, 1.165) is 18.8 Å². The van der Waals surface area contributed by atoms with Crippen molar-refractivity contribution >= 4 is 5.69 Å². The van der Waals surface area contributed by atoms with Gasteiger partial charge in [0.1, 0.15) is 5.75 Å². The summed E-state index contributed by atoms with van der Waals surface area (Å²) in [6.45, 7) is 7.27. The van der Waals surface area contributed by atoms with Gasteiger partial charge in [0.15, 0.2) is 0 Å². The Labute approximate surface area is 120 Å². The molecule has 0 fully saturated rings. The standard InChI is InChI=1S/C18H21NO/c1-12-10-13(2)18(14(3)11-12)19-16-8-9-20-17-7-5-4-6-15(16)17/h4-7,10-11,16,19H,8-9H2,1-3H3. The van der Waals surface area contributed by atoms with Gasteiger partial charge in [-0.2, -0.15) is 0 Å². The lowest BCUT2D eigenvalue weighted by Crippen LogP contribution is -2.21. The number of fused-ring (bicyclic) bond motifs is 1. The van der Waals surface area contributed by atoms with Crippen LogP contribution in [0.4, 0.5) is 5.69 Å². The zero-order valence-electron chi connectivity index (χ0n) is 12.4. The van der Waals surface area contributed by atoms with Crippen LogP contribution in [-0.4, -0.2) is 6.61 Å². The topological polar surface area (TPSA) is 21.3 Å². The molecule has 3 rings (SSSR count). The average molecular weight is 267 g/mol. The third-order valence-electron chi connectivity index (χ3n) is 3.95. The van der Waals surface area contributed by atoms with Crippen molar-refractivity contribution < 1.29 is 4.74 Å². The van der Waals surface area contributed by atoms with Crippen molar-refractivity contribution in [2.45, 2.75) is 33.2 Å². The van der Waals surface area contributed by atoms with E-state index in [1.165, 1.54) is 27.9 Å². The Balaban J connectivity index is 1.94. The summed E-state index contributed by atoms with van der Waals surface area (Å²) in [5.74, 6) is 1.01. The molecule has 1 aliphatic rings. The van der Waals surface area contributed by atoms with Gasteiger partial charge in [-0.1, -0.05) is 35.9 Å². The van der Waals surface area contributed by atoms with Crippen molar-refractivity contribution in [3.05, 3.63) is 58.7 Å². The van der Waals surface area contributed by atoms with Crippen molar-refractivity contribution in [2.24, 2.45) is 0 Å². The molecule has 0 amide bonds. The molecule has 0 radical (unpaired) electrons. The number of hydrogen-bond acceptors (Lipinski definition) is 2. The molecule has 1 atom stereocenters. The molecule has 1 unspecified atom stereocenters. The van der Waals surface area contributed by atoms with E-state index in [2.05, 4.69) is 56.4 Å². The molecular weight excluding hydrogens is 246 g/mol. The maximum atomic E-state index is 5.73. The number of anilines is 1. The third kappa shape index (κ3) is 2.38. The van der Waals surface area contributed by atoms with E-state index in [1.54, 1.807) is 0 Å². The van der Waals surface area contributed by atoms with Gasteiger partial charge in [0, 0.05) is 17.7 Å². The summed E-state index contributed by atoms with van der Waals surface area (Å²) < 4.78 is 5.73. The van der Waals surface area contributed by atoms with Gasteiger partial charge in [-0.3, -0.25) is 0 Å². The second-order valence-electron chi connectivity index (χ2n) is 5.65. The van der Waals surface area contributed by atoms with Gasteiger partial charge in [-0.05, 0) is 38.0 Å². The second-order valence-corrected chi connectivity index (χ2v) is 5.65. The number of ether oxygens (including phenoxy) is 1. The number of rotatable bonds is 2. The summed E-state index contributed by atoms with van der Waals surface area (Å²) in [4.78, 5) is 0. The van der Waals surface area contributed by atoms with Crippen LogP contribution >= 0.6 is 0 Å². The normalized spacial score (nSPS) is 17.2. The van der Waals surface area contributed by atoms with Gasteiger partial charge < -0.3 is 10.1 Å². The van der Waals surface area contributed by atoms with E-state index in [0.29, 0.717) is 6.04 Å². The van der Waals surface area contributed by atoms with Crippen molar-refractivity contribution in [1.29, 1.82) is 0 Å². The highest BCUT2D eigenvalue weighted by Crippen LogP contribution is 2.35. The first kappa shape index (κ1) is 13.0. The number of para-hydroxylation sites is 1. The Hall–Kier alpha value is -1.96. The summed E-state index contributed by atoms with van der Waals surface area (Å²) in [7, 11) is 0. The summed E-state index contributed by atoms with van der Waals surface area (Å²) in [5, 5.41) is 3.72. The molecule has 0 saturated carbocycles. The zero-order valence-corrected chi connectivity index (χ0v) is 12.4. The molecule has 0 aromatic heterocycles. The van der Waals surface area contributed by atoms with Gasteiger partial charge >= 0.3 is 0 Å². The third-order valence-corrected chi connectivity index (χ3v) is 3.95. The molecule has 0 aliphatic carbocycles. The van der Waals surface area contributed by atoms with Crippen LogP contribution in [0, 0.1) is 20.8 Å². The van der Waals surface area contributed by atoms with Crippen LogP contribution < -0.4 is 10.1 Å². The van der Waals surface area contributed by atoms with Crippen LogP contribution in [0.15, 0.2) is 36.4 Å². The van der Waals surface area contributed by atoms with Crippen LogP contribution in [0.5, 0.6) is 5.75 Å². The minimum absolute atomic E-state index is 0.333. The van der Waals surface area contributed by atoms with E-state index in [4.69, 9.17) is 4.74 Å². The quantitative estimate of drug-likeness (QED) is 0.862. The van der Waals surface area contributed by atoms with Crippen LogP contribution in [0.25, 0.3) is 0 Å². The molecule has 1 aliphatic heterocycles. The maximum absolute atomic E-state index is 5.73. The largest absolute Gasteiger partial charge is 0.493 e. The molecule has 2 aromatic carbocycles. The first-order valence-electron chi connectivity index (χ1n) is 7.21. The molecule has 0 saturated heterocycles. The predicted octanol–water partition coefficient (Wildman–Crippen LogP) is 4.55. The first-order chi connectivity index (χ1) is 9.65. The lowest BCUT2D eigenvalue weighted by atomic mass is 9.98. The lowest BCUT2D eigenvalue weighted by Gasteiger charge is -2.29. The van der Waals surface area contributed by atoms with Crippen molar-refractivity contribution in [3.8, 4) is 5.75 Å². The van der Waals surface area contributed by atoms with Gasteiger partial charge in [-0.25, -0.2) is 0 Å². The van der Waals surface area contributed by atoms with Crippen molar-refractivity contribution in [2.75, 3.05) is 11.9 Å². The van der Waals surface area contributed by atoms with Crippen LogP contribution in [0.1, 0.15) is 34.7 Å². The van der Waals surface area contributed by atoms with Gasteiger partial charge in [0.05, 0.1) is 12.6 Å². The molecule has 0 spiro atoms. The predicted molar refractivity (Wildman–Crippen MR) is 83.6 cm³/mol. The zero-order chi connectivity index (χ0) is 14.1. The minimum atomic E-state index is 0.333. The monoisotopic (exact) mass is 267 g/mol. The molecule has 1 heterocycles. The van der Waals surface area contributed by atoms with Gasteiger partial charge in [-0.15, -0.1) is 0 Å². The fourth-order valence-electron chi connectivity index (χ4n) is 3.07. The highest BCUT2D eigenvalue weighted by atomic mass is 16.5. The maximum Gasteiger partial charge on any atom is 0.124 e. The second kappa shape index (κ2) is 5.20. The van der Waals surface area contributed by atoms with Gasteiger partial charge in [0.2, 0.25) is 0 Å². The number of hydrogen-bond donors (Lipinski definition) is 1.